The number of likely N-dealkylation sites (N-methyl/N-ethyl adjacent to an activating group) is 1. The Balaban J connectivity index is 1.65. The normalized spacial score (nSPS) is 21.4. The SMILES string of the molecule is Cc1cc(C(=O)Nc2cccc3c2O[C@@H](CN(C)CC2CCCCC2)[C@H](C)CN([C@@H](C)CO)C3=O)n(C)n1. The summed E-state index contributed by atoms with van der Waals surface area (Å²) in [5.74, 6) is 0.560. The Bertz CT molecular complexity index is 1130. The second-order valence-electron chi connectivity index (χ2n) is 11.3. The van der Waals surface area contributed by atoms with E-state index in [1.807, 2.05) is 13.8 Å². The van der Waals surface area contributed by atoms with Gasteiger partial charge in [0.2, 0.25) is 0 Å². The molecular formula is C29H43N5O4. The van der Waals surface area contributed by atoms with E-state index >= 15 is 0 Å². The van der Waals surface area contributed by atoms with E-state index in [4.69, 9.17) is 4.74 Å². The maximum absolute atomic E-state index is 13.7. The Morgan fingerprint density at radius 2 is 2.00 bits per heavy atom. The maximum Gasteiger partial charge on any atom is 0.274 e. The van der Waals surface area contributed by atoms with Crippen molar-refractivity contribution in [2.24, 2.45) is 18.9 Å². The van der Waals surface area contributed by atoms with Crippen molar-refractivity contribution in [3.63, 3.8) is 0 Å². The molecule has 0 spiro atoms. The maximum atomic E-state index is 13.7. The third kappa shape index (κ3) is 6.38. The Morgan fingerprint density at radius 1 is 1.26 bits per heavy atom. The Kier molecular flexibility index (Phi) is 9.10. The molecular weight excluding hydrogens is 482 g/mol. The third-order valence-corrected chi connectivity index (χ3v) is 7.96. The highest BCUT2D eigenvalue weighted by Gasteiger charge is 2.35. The van der Waals surface area contributed by atoms with Crippen molar-refractivity contribution >= 4 is 17.5 Å². The zero-order chi connectivity index (χ0) is 27.4. The molecule has 1 fully saturated rings. The number of benzene rings is 1. The van der Waals surface area contributed by atoms with Crippen LogP contribution in [0.3, 0.4) is 0 Å². The highest BCUT2D eigenvalue weighted by molar-refractivity contribution is 6.06. The molecule has 38 heavy (non-hydrogen) atoms. The van der Waals surface area contributed by atoms with Crippen LogP contribution < -0.4 is 10.1 Å². The number of nitrogens with zero attached hydrogens (tertiary/aromatic N) is 4. The second kappa shape index (κ2) is 12.3. The van der Waals surface area contributed by atoms with Crippen LogP contribution in [0.1, 0.15) is 72.5 Å². The molecule has 2 N–H and O–H groups in total. The lowest BCUT2D eigenvalue weighted by Crippen LogP contribution is -2.50. The van der Waals surface area contributed by atoms with Gasteiger partial charge in [0.05, 0.1) is 29.6 Å². The van der Waals surface area contributed by atoms with Crippen molar-refractivity contribution in [1.29, 1.82) is 0 Å². The van der Waals surface area contributed by atoms with E-state index in [0.717, 1.165) is 12.2 Å². The van der Waals surface area contributed by atoms with Crippen LogP contribution >= 0.6 is 0 Å². The number of aromatic nitrogens is 2. The number of para-hydroxylation sites is 1. The van der Waals surface area contributed by atoms with E-state index in [1.165, 1.54) is 32.1 Å². The van der Waals surface area contributed by atoms with Gasteiger partial charge in [0.25, 0.3) is 11.8 Å². The number of rotatable bonds is 8. The number of carbonyl (C=O) groups is 2. The highest BCUT2D eigenvalue weighted by atomic mass is 16.5. The number of hydrogen-bond donors (Lipinski definition) is 2. The lowest BCUT2D eigenvalue weighted by Gasteiger charge is -2.39. The van der Waals surface area contributed by atoms with Crippen LogP contribution in [-0.4, -0.2) is 81.9 Å². The molecule has 9 nitrogen and oxygen atoms in total. The molecule has 1 saturated carbocycles. The van der Waals surface area contributed by atoms with Crippen LogP contribution in [0.4, 0.5) is 5.69 Å². The third-order valence-electron chi connectivity index (χ3n) is 7.96. The summed E-state index contributed by atoms with van der Waals surface area (Å²) in [6.45, 7) is 7.86. The van der Waals surface area contributed by atoms with Crippen molar-refractivity contribution < 1.29 is 19.4 Å². The Labute approximate surface area is 226 Å². The predicted octanol–water partition coefficient (Wildman–Crippen LogP) is 3.71. The minimum absolute atomic E-state index is 0.0124. The largest absolute Gasteiger partial charge is 0.486 e. The van der Waals surface area contributed by atoms with Crippen molar-refractivity contribution in [2.45, 2.75) is 65.0 Å². The first-order valence-electron chi connectivity index (χ1n) is 13.9. The molecule has 9 heteroatoms. The number of aryl methyl sites for hydroxylation is 2. The summed E-state index contributed by atoms with van der Waals surface area (Å²) in [5.41, 5.74) is 2.00. The van der Waals surface area contributed by atoms with Crippen LogP contribution in [0.15, 0.2) is 24.3 Å². The molecule has 1 aliphatic heterocycles. The van der Waals surface area contributed by atoms with Gasteiger partial charge in [-0.25, -0.2) is 0 Å². The summed E-state index contributed by atoms with van der Waals surface area (Å²) in [7, 11) is 3.87. The zero-order valence-electron chi connectivity index (χ0n) is 23.4. The lowest BCUT2D eigenvalue weighted by molar-refractivity contribution is 0.0332. The number of amides is 2. The van der Waals surface area contributed by atoms with E-state index < -0.39 is 0 Å². The quantitative estimate of drug-likeness (QED) is 0.545. The van der Waals surface area contributed by atoms with Gasteiger partial charge < -0.3 is 25.0 Å². The number of fused-ring (bicyclic) bond motifs is 1. The van der Waals surface area contributed by atoms with Gasteiger partial charge in [0.1, 0.15) is 11.8 Å². The van der Waals surface area contributed by atoms with E-state index in [9.17, 15) is 14.7 Å². The molecule has 208 valence electrons. The summed E-state index contributed by atoms with van der Waals surface area (Å²) in [6.07, 6.45) is 6.28. The van der Waals surface area contributed by atoms with Gasteiger partial charge in [-0.1, -0.05) is 32.3 Å². The molecule has 3 atom stereocenters. The van der Waals surface area contributed by atoms with Gasteiger partial charge in [-0.2, -0.15) is 5.10 Å². The van der Waals surface area contributed by atoms with Crippen LogP contribution in [0, 0.1) is 18.8 Å². The van der Waals surface area contributed by atoms with Gasteiger partial charge in [-0.05, 0) is 57.9 Å². The second-order valence-corrected chi connectivity index (χ2v) is 11.3. The van der Waals surface area contributed by atoms with Crippen LogP contribution in [0.25, 0.3) is 0 Å². The summed E-state index contributed by atoms with van der Waals surface area (Å²) in [5, 5.41) is 17.2. The van der Waals surface area contributed by atoms with Crippen LogP contribution in [0.5, 0.6) is 5.75 Å². The molecule has 0 bridgehead atoms. The fourth-order valence-corrected chi connectivity index (χ4v) is 5.76. The molecule has 0 saturated heterocycles. The van der Waals surface area contributed by atoms with E-state index in [-0.39, 0.29) is 36.5 Å². The number of aliphatic hydroxyl groups excluding tert-OH is 1. The number of aliphatic hydroxyl groups is 1. The molecule has 0 unspecified atom stereocenters. The van der Waals surface area contributed by atoms with Crippen molar-refractivity contribution in [1.82, 2.24) is 19.6 Å². The fourth-order valence-electron chi connectivity index (χ4n) is 5.76. The fraction of sp³-hybridized carbons (Fsp3) is 0.621. The van der Waals surface area contributed by atoms with E-state index in [1.54, 1.807) is 40.9 Å². The van der Waals surface area contributed by atoms with Crippen molar-refractivity contribution in [3.8, 4) is 5.75 Å². The minimum atomic E-state index is -0.341. The highest BCUT2D eigenvalue weighted by Crippen LogP contribution is 2.35. The van der Waals surface area contributed by atoms with Crippen molar-refractivity contribution in [2.75, 3.05) is 38.6 Å². The van der Waals surface area contributed by atoms with Crippen molar-refractivity contribution in [3.05, 3.63) is 41.2 Å². The predicted molar refractivity (Wildman–Crippen MR) is 148 cm³/mol. The van der Waals surface area contributed by atoms with Gasteiger partial charge in [0, 0.05) is 32.6 Å². The van der Waals surface area contributed by atoms with Gasteiger partial charge >= 0.3 is 0 Å². The summed E-state index contributed by atoms with van der Waals surface area (Å²) >= 11 is 0. The van der Waals surface area contributed by atoms with Gasteiger partial charge in [-0.3, -0.25) is 14.3 Å². The van der Waals surface area contributed by atoms with E-state index in [0.29, 0.717) is 41.7 Å². The topological polar surface area (TPSA) is 99.9 Å². The van der Waals surface area contributed by atoms with Crippen LogP contribution in [-0.2, 0) is 7.05 Å². The number of ether oxygens (including phenoxy) is 1. The van der Waals surface area contributed by atoms with Crippen LogP contribution in [0.2, 0.25) is 0 Å². The molecule has 2 aliphatic rings. The molecule has 2 heterocycles. The summed E-state index contributed by atoms with van der Waals surface area (Å²) in [4.78, 5) is 30.9. The molecule has 4 rings (SSSR count). The number of carbonyl (C=O) groups excluding carboxylic acids is 2. The average Bonchev–Trinajstić information content (AvgIpc) is 3.24. The molecule has 1 aliphatic carbocycles. The molecule has 2 amide bonds. The first kappa shape index (κ1) is 28.1. The summed E-state index contributed by atoms with van der Waals surface area (Å²) < 4.78 is 8.20. The lowest BCUT2D eigenvalue weighted by atomic mass is 9.89. The van der Waals surface area contributed by atoms with Gasteiger partial charge in [0.15, 0.2) is 5.75 Å². The molecule has 0 radical (unpaired) electrons. The smallest absolute Gasteiger partial charge is 0.274 e. The first-order chi connectivity index (χ1) is 18.2. The zero-order valence-corrected chi connectivity index (χ0v) is 23.4. The Morgan fingerprint density at radius 3 is 2.66 bits per heavy atom. The summed E-state index contributed by atoms with van der Waals surface area (Å²) in [6, 6.07) is 6.64. The standard InChI is InChI=1S/C29H43N5O4/c1-19-15-34(21(3)18-35)29(37)23-12-9-13-24(30-28(36)25-14-20(2)31-33(25)5)27(23)38-26(19)17-32(4)16-22-10-7-6-8-11-22/h9,12-14,19,21-22,26,35H,6-8,10-11,15-18H2,1-5H3,(H,30,36)/t19-,21+,26+/m1/s1. The number of anilines is 1. The molecule has 1 aromatic heterocycles. The minimum Gasteiger partial charge on any atom is -0.486 e. The average molecular weight is 526 g/mol. The molecule has 1 aromatic carbocycles. The monoisotopic (exact) mass is 525 g/mol. The van der Waals surface area contributed by atoms with Gasteiger partial charge in [-0.15, -0.1) is 0 Å². The first-order valence-corrected chi connectivity index (χ1v) is 13.9. The van der Waals surface area contributed by atoms with E-state index in [2.05, 4.69) is 29.3 Å². The number of nitrogens with one attached hydrogen (secondary N) is 1. The Hall–Kier alpha value is -2.91. The number of hydrogen-bond acceptors (Lipinski definition) is 6. The molecule has 2 aromatic rings.